The molecule has 2 rings (SSSR count). The largest absolute Gasteiger partial charge is 0.495 e. The first-order valence-electron chi connectivity index (χ1n) is 11.4. The van der Waals surface area contributed by atoms with Crippen LogP contribution < -0.4 is 14.4 Å². The summed E-state index contributed by atoms with van der Waals surface area (Å²) in [4.78, 5) is 38.5. The molecule has 2 amide bonds. The predicted molar refractivity (Wildman–Crippen MR) is 144 cm³/mol. The Balaban J connectivity index is 2.50. The van der Waals surface area contributed by atoms with Crippen LogP contribution in [0.2, 0.25) is 0 Å². The number of nitrogens with one attached hydrogen (secondary N) is 1. The maximum Gasteiger partial charge on any atom is 0.271 e. The van der Waals surface area contributed by atoms with Crippen molar-refractivity contribution in [1.29, 1.82) is 0 Å². The number of carbonyl (C=O) groups is 2. The van der Waals surface area contributed by atoms with Gasteiger partial charge in [0.05, 0.1) is 18.3 Å². The van der Waals surface area contributed by atoms with Crippen LogP contribution >= 0.6 is 15.9 Å². The standard InChI is InChI=1S/C24H31BrN4O7S/c1-6-16(2)26-24(31)17(3)27(14-18-7-9-19(25)10-8-18)23(30)15-28(37(5,34)35)21-13-20(29(32)33)11-12-22(21)36-4/h7-13,16-17H,6,14-15H2,1-5H3,(H,26,31)/t16-,17+/m1/s1. The SMILES string of the molecule is CC[C@@H](C)NC(=O)[C@H](C)N(Cc1ccc(Br)cc1)C(=O)CN(c1cc([N+](=O)[O-])ccc1OC)S(C)(=O)=O. The van der Waals surface area contributed by atoms with Gasteiger partial charge in [-0.05, 0) is 44.0 Å². The molecule has 0 radical (unpaired) electrons. The molecule has 0 saturated carbocycles. The van der Waals surface area contributed by atoms with Crippen LogP contribution in [0.1, 0.15) is 32.8 Å². The minimum atomic E-state index is -4.09. The summed E-state index contributed by atoms with van der Waals surface area (Å²) in [5, 5.41) is 14.2. The summed E-state index contributed by atoms with van der Waals surface area (Å²) in [7, 11) is -2.81. The van der Waals surface area contributed by atoms with Crippen LogP contribution in [0.4, 0.5) is 11.4 Å². The van der Waals surface area contributed by atoms with Crippen LogP contribution in [0, 0.1) is 10.1 Å². The zero-order valence-electron chi connectivity index (χ0n) is 21.3. The number of non-ortho nitro benzene ring substituents is 1. The monoisotopic (exact) mass is 598 g/mol. The number of anilines is 1. The van der Waals surface area contributed by atoms with Crippen LogP contribution in [0.5, 0.6) is 5.75 Å². The van der Waals surface area contributed by atoms with E-state index in [2.05, 4.69) is 21.2 Å². The van der Waals surface area contributed by atoms with E-state index >= 15 is 0 Å². The smallest absolute Gasteiger partial charge is 0.271 e. The highest BCUT2D eigenvalue weighted by Crippen LogP contribution is 2.34. The molecule has 0 heterocycles. The van der Waals surface area contributed by atoms with Gasteiger partial charge in [0.15, 0.2) is 0 Å². The number of benzene rings is 2. The van der Waals surface area contributed by atoms with Gasteiger partial charge in [0.2, 0.25) is 21.8 Å². The van der Waals surface area contributed by atoms with E-state index in [1.165, 1.54) is 24.1 Å². The van der Waals surface area contributed by atoms with Crippen molar-refractivity contribution in [3.63, 3.8) is 0 Å². The normalized spacial score (nSPS) is 12.8. The van der Waals surface area contributed by atoms with Crippen LogP contribution in [0.15, 0.2) is 46.9 Å². The van der Waals surface area contributed by atoms with Crippen molar-refractivity contribution >= 4 is 49.1 Å². The van der Waals surface area contributed by atoms with E-state index < -0.39 is 39.3 Å². The summed E-state index contributed by atoms with van der Waals surface area (Å²) < 4.78 is 32.3. The maximum atomic E-state index is 13.6. The summed E-state index contributed by atoms with van der Waals surface area (Å²) in [6, 6.07) is 9.55. The average molecular weight is 600 g/mol. The third kappa shape index (κ3) is 8.15. The van der Waals surface area contributed by atoms with E-state index in [0.29, 0.717) is 6.42 Å². The summed E-state index contributed by atoms with van der Waals surface area (Å²) >= 11 is 3.36. The molecule has 0 bridgehead atoms. The van der Waals surface area contributed by atoms with Crippen LogP contribution in [0.25, 0.3) is 0 Å². The highest BCUT2D eigenvalue weighted by Gasteiger charge is 2.32. The van der Waals surface area contributed by atoms with Gasteiger partial charge in [-0.2, -0.15) is 0 Å². The van der Waals surface area contributed by atoms with Gasteiger partial charge in [0.25, 0.3) is 5.69 Å². The first kappa shape index (κ1) is 30.0. The first-order valence-corrected chi connectivity index (χ1v) is 14.1. The molecule has 0 saturated heterocycles. The number of carbonyl (C=O) groups excluding carboxylic acids is 2. The Morgan fingerprint density at radius 1 is 1.16 bits per heavy atom. The van der Waals surface area contributed by atoms with Crippen LogP contribution in [0.3, 0.4) is 0 Å². The van der Waals surface area contributed by atoms with E-state index in [0.717, 1.165) is 26.7 Å². The molecular weight excluding hydrogens is 568 g/mol. The Morgan fingerprint density at radius 3 is 2.30 bits per heavy atom. The molecule has 0 spiro atoms. The molecule has 0 aliphatic rings. The highest BCUT2D eigenvalue weighted by molar-refractivity contribution is 9.10. The summed E-state index contributed by atoms with van der Waals surface area (Å²) in [6.45, 7) is 4.65. The van der Waals surface area contributed by atoms with Gasteiger partial charge in [-0.1, -0.05) is 35.0 Å². The fraction of sp³-hybridized carbons (Fsp3) is 0.417. The number of hydrogen-bond acceptors (Lipinski definition) is 7. The van der Waals surface area contributed by atoms with Crippen molar-refractivity contribution < 1.29 is 27.7 Å². The summed E-state index contributed by atoms with van der Waals surface area (Å²) in [6.07, 6.45) is 1.57. The molecule has 37 heavy (non-hydrogen) atoms. The molecule has 0 aliphatic heterocycles. The fourth-order valence-electron chi connectivity index (χ4n) is 3.42. The van der Waals surface area contributed by atoms with Crippen molar-refractivity contribution in [3.05, 3.63) is 62.6 Å². The van der Waals surface area contributed by atoms with Gasteiger partial charge in [0.1, 0.15) is 24.0 Å². The molecule has 1 N–H and O–H groups in total. The molecule has 0 unspecified atom stereocenters. The van der Waals surface area contributed by atoms with Gasteiger partial charge >= 0.3 is 0 Å². The van der Waals surface area contributed by atoms with E-state index in [9.17, 15) is 28.1 Å². The van der Waals surface area contributed by atoms with Gasteiger partial charge in [0, 0.05) is 29.2 Å². The Hall–Kier alpha value is -3.19. The molecule has 0 aliphatic carbocycles. The molecule has 13 heteroatoms. The zero-order valence-corrected chi connectivity index (χ0v) is 23.7. The highest BCUT2D eigenvalue weighted by atomic mass is 79.9. The van der Waals surface area contributed by atoms with Crippen molar-refractivity contribution in [1.82, 2.24) is 10.2 Å². The van der Waals surface area contributed by atoms with E-state index in [1.54, 1.807) is 31.2 Å². The number of halogens is 1. The molecule has 2 aromatic carbocycles. The third-order valence-corrected chi connectivity index (χ3v) is 7.41. The van der Waals surface area contributed by atoms with Gasteiger partial charge in [-0.25, -0.2) is 8.42 Å². The van der Waals surface area contributed by atoms with Gasteiger partial charge < -0.3 is 15.0 Å². The average Bonchev–Trinajstić information content (AvgIpc) is 2.85. The number of hydrogen-bond donors (Lipinski definition) is 1. The second-order valence-corrected chi connectivity index (χ2v) is 11.3. The molecule has 2 atom stereocenters. The lowest BCUT2D eigenvalue weighted by molar-refractivity contribution is -0.384. The van der Waals surface area contributed by atoms with Crippen LogP contribution in [-0.4, -0.2) is 62.0 Å². The Bertz CT molecular complexity index is 1240. The topological polar surface area (TPSA) is 139 Å². The molecule has 0 fully saturated rings. The maximum absolute atomic E-state index is 13.6. The van der Waals surface area contributed by atoms with Crippen molar-refractivity contribution in [2.24, 2.45) is 0 Å². The minimum absolute atomic E-state index is 0.0326. The first-order chi connectivity index (χ1) is 17.3. The molecular formula is C24H31BrN4O7S. The van der Waals surface area contributed by atoms with E-state index in [1.807, 2.05) is 13.8 Å². The second kappa shape index (κ2) is 12.9. The molecule has 2 aromatic rings. The lowest BCUT2D eigenvalue weighted by Crippen LogP contribution is -2.52. The number of ether oxygens (including phenoxy) is 1. The fourth-order valence-corrected chi connectivity index (χ4v) is 4.53. The second-order valence-electron chi connectivity index (χ2n) is 8.52. The third-order valence-electron chi connectivity index (χ3n) is 5.76. The number of amides is 2. The zero-order chi connectivity index (χ0) is 27.9. The number of nitrogens with zero attached hydrogens (tertiary/aromatic N) is 3. The number of sulfonamides is 1. The molecule has 0 aromatic heterocycles. The molecule has 202 valence electrons. The van der Waals surface area contributed by atoms with Gasteiger partial charge in [-0.15, -0.1) is 0 Å². The van der Waals surface area contributed by atoms with Crippen molar-refractivity contribution in [2.75, 3.05) is 24.2 Å². The Labute approximate surface area is 225 Å². The van der Waals surface area contributed by atoms with Crippen LogP contribution in [-0.2, 0) is 26.2 Å². The Morgan fingerprint density at radius 2 is 1.78 bits per heavy atom. The number of rotatable bonds is 12. The van der Waals surface area contributed by atoms with E-state index in [4.69, 9.17) is 4.74 Å². The number of nitro groups is 1. The summed E-state index contributed by atoms with van der Waals surface area (Å²) in [5.74, 6) is -1.03. The summed E-state index contributed by atoms with van der Waals surface area (Å²) in [5.41, 5.74) is 0.191. The van der Waals surface area contributed by atoms with E-state index in [-0.39, 0.29) is 29.7 Å². The lowest BCUT2D eigenvalue weighted by atomic mass is 10.1. The quantitative estimate of drug-likeness (QED) is 0.291. The van der Waals surface area contributed by atoms with Crippen molar-refractivity contribution in [2.45, 2.75) is 45.8 Å². The molecule has 11 nitrogen and oxygen atoms in total. The lowest BCUT2D eigenvalue weighted by Gasteiger charge is -2.32. The van der Waals surface area contributed by atoms with Crippen molar-refractivity contribution in [3.8, 4) is 5.75 Å². The predicted octanol–water partition coefficient (Wildman–Crippen LogP) is 3.46. The number of nitro benzene ring substituents is 1. The Kier molecular flexibility index (Phi) is 10.4. The minimum Gasteiger partial charge on any atom is -0.495 e. The van der Waals surface area contributed by atoms with Gasteiger partial charge in [-0.3, -0.25) is 24.0 Å². The number of methoxy groups -OCH3 is 1.